The summed E-state index contributed by atoms with van der Waals surface area (Å²) in [6.07, 6.45) is 1.08. The minimum atomic E-state index is 0. The maximum absolute atomic E-state index is 5.29. The van der Waals surface area contributed by atoms with Crippen LogP contribution >= 0.6 is 0 Å². The Kier molecular flexibility index (Phi) is 7.86. The first kappa shape index (κ1) is 9.39. The van der Waals surface area contributed by atoms with Crippen molar-refractivity contribution in [3.63, 3.8) is 0 Å². The summed E-state index contributed by atoms with van der Waals surface area (Å²) in [4.78, 5) is 0. The highest BCUT2D eigenvalue weighted by atomic mass is 14.6. The summed E-state index contributed by atoms with van der Waals surface area (Å²) in [7, 11) is 0. The Morgan fingerprint density at radius 3 is 1.83 bits per heavy atom. The van der Waals surface area contributed by atoms with Crippen molar-refractivity contribution in [3.05, 3.63) is 0 Å². The minimum absolute atomic E-state index is 0. The third-order valence-electron chi connectivity index (χ3n) is 0.644. The molecule has 0 spiro atoms. The lowest BCUT2D eigenvalue weighted by Crippen LogP contribution is -2.11. The standard InChI is InChI=1S/C4H11N.B/c1-3-4(2)5;/h4H,3,5H2,1-2H3;. The molecule has 35 valence electrons. The van der Waals surface area contributed by atoms with Crippen LogP contribution in [-0.4, -0.2) is 14.5 Å². The predicted molar refractivity (Wildman–Crippen MR) is 29.7 cm³/mol. The third kappa shape index (κ3) is 8.98. The van der Waals surface area contributed by atoms with Gasteiger partial charge in [-0.3, -0.25) is 0 Å². The second-order valence-corrected chi connectivity index (χ2v) is 1.39. The molecule has 0 rings (SSSR count). The molecule has 3 radical (unpaired) electrons. The topological polar surface area (TPSA) is 26.0 Å². The van der Waals surface area contributed by atoms with Gasteiger partial charge in [-0.15, -0.1) is 0 Å². The van der Waals surface area contributed by atoms with Crippen molar-refractivity contribution in [1.29, 1.82) is 0 Å². The highest BCUT2D eigenvalue weighted by Crippen LogP contribution is 1.77. The highest BCUT2D eigenvalue weighted by molar-refractivity contribution is 5.75. The van der Waals surface area contributed by atoms with Crippen LogP contribution in [0.15, 0.2) is 0 Å². The van der Waals surface area contributed by atoms with Crippen molar-refractivity contribution < 1.29 is 0 Å². The summed E-state index contributed by atoms with van der Waals surface area (Å²) in [6.45, 7) is 4.07. The smallest absolute Gasteiger partial charge is 0.000781 e. The summed E-state index contributed by atoms with van der Waals surface area (Å²) in [5.74, 6) is 0. The third-order valence-corrected chi connectivity index (χ3v) is 0.644. The van der Waals surface area contributed by atoms with E-state index < -0.39 is 0 Å². The first-order valence-electron chi connectivity index (χ1n) is 2.03. The zero-order valence-corrected chi connectivity index (χ0v) is 4.44. The lowest BCUT2D eigenvalue weighted by molar-refractivity contribution is 0.715. The van der Waals surface area contributed by atoms with Crippen molar-refractivity contribution >= 4 is 8.41 Å². The van der Waals surface area contributed by atoms with E-state index in [-0.39, 0.29) is 8.41 Å². The van der Waals surface area contributed by atoms with Crippen molar-refractivity contribution in [2.45, 2.75) is 26.3 Å². The van der Waals surface area contributed by atoms with Gasteiger partial charge in [0, 0.05) is 14.5 Å². The predicted octanol–water partition coefficient (Wildman–Crippen LogP) is 0.363. The summed E-state index contributed by atoms with van der Waals surface area (Å²) >= 11 is 0. The van der Waals surface area contributed by atoms with Gasteiger partial charge in [-0.2, -0.15) is 0 Å². The van der Waals surface area contributed by atoms with Crippen molar-refractivity contribution in [3.8, 4) is 0 Å². The molecule has 1 nitrogen and oxygen atoms in total. The van der Waals surface area contributed by atoms with Crippen LogP contribution in [0.25, 0.3) is 0 Å². The average molecular weight is 84.0 g/mol. The Balaban J connectivity index is 0. The van der Waals surface area contributed by atoms with Crippen molar-refractivity contribution in [2.24, 2.45) is 5.73 Å². The van der Waals surface area contributed by atoms with Crippen LogP contribution in [-0.2, 0) is 0 Å². The van der Waals surface area contributed by atoms with Crippen LogP contribution in [0.3, 0.4) is 0 Å². The van der Waals surface area contributed by atoms with E-state index in [2.05, 4.69) is 6.92 Å². The molecule has 0 aliphatic heterocycles. The van der Waals surface area contributed by atoms with Gasteiger partial charge in [0.25, 0.3) is 0 Å². The molecule has 0 aromatic carbocycles. The molecular formula is C4H11BN. The molecule has 1 atom stereocenters. The van der Waals surface area contributed by atoms with E-state index in [0.717, 1.165) is 6.42 Å². The van der Waals surface area contributed by atoms with Crippen LogP contribution in [0.1, 0.15) is 20.3 Å². The van der Waals surface area contributed by atoms with E-state index in [0.29, 0.717) is 6.04 Å². The van der Waals surface area contributed by atoms with Gasteiger partial charge >= 0.3 is 0 Å². The van der Waals surface area contributed by atoms with E-state index in [1.165, 1.54) is 0 Å². The van der Waals surface area contributed by atoms with Gasteiger partial charge in [0.1, 0.15) is 0 Å². The van der Waals surface area contributed by atoms with Gasteiger partial charge in [0.05, 0.1) is 0 Å². The molecule has 0 fully saturated rings. The van der Waals surface area contributed by atoms with Gasteiger partial charge < -0.3 is 5.73 Å². The van der Waals surface area contributed by atoms with Gasteiger partial charge in [-0.05, 0) is 13.3 Å². The maximum atomic E-state index is 5.29. The fourth-order valence-corrected chi connectivity index (χ4v) is 0. The fourth-order valence-electron chi connectivity index (χ4n) is 0. The SMILES string of the molecule is CCC(C)N.[B]. The van der Waals surface area contributed by atoms with Crippen LogP contribution in [0, 0.1) is 0 Å². The summed E-state index contributed by atoms with van der Waals surface area (Å²) in [5, 5.41) is 0. The lowest BCUT2D eigenvalue weighted by atomic mass is 10.3. The second-order valence-electron chi connectivity index (χ2n) is 1.39. The number of nitrogens with two attached hydrogens (primary N) is 1. The van der Waals surface area contributed by atoms with E-state index in [1.807, 2.05) is 6.92 Å². The summed E-state index contributed by atoms with van der Waals surface area (Å²) < 4.78 is 0. The van der Waals surface area contributed by atoms with Crippen LogP contribution in [0.4, 0.5) is 0 Å². The normalized spacial score (nSPS) is 12.5. The van der Waals surface area contributed by atoms with E-state index in [9.17, 15) is 0 Å². The molecule has 0 aromatic heterocycles. The zero-order chi connectivity index (χ0) is 4.28. The summed E-state index contributed by atoms with van der Waals surface area (Å²) in [6, 6.07) is 0.384. The Morgan fingerprint density at radius 2 is 1.83 bits per heavy atom. The van der Waals surface area contributed by atoms with Gasteiger partial charge in [0.2, 0.25) is 0 Å². The van der Waals surface area contributed by atoms with Crippen LogP contribution in [0.5, 0.6) is 0 Å². The quantitative estimate of drug-likeness (QED) is 0.456. The molecule has 6 heavy (non-hydrogen) atoms. The number of hydrogen-bond acceptors (Lipinski definition) is 1. The molecule has 2 heteroatoms. The monoisotopic (exact) mass is 84.1 g/mol. The maximum Gasteiger partial charge on any atom is 0.000781 e. The molecule has 1 unspecified atom stereocenters. The average Bonchev–Trinajstić information content (AvgIpc) is 1.38. The van der Waals surface area contributed by atoms with E-state index in [1.54, 1.807) is 0 Å². The first-order valence-corrected chi connectivity index (χ1v) is 2.03. The van der Waals surface area contributed by atoms with Crippen molar-refractivity contribution in [1.82, 2.24) is 0 Å². The summed E-state index contributed by atoms with van der Waals surface area (Å²) in [5.41, 5.74) is 5.29. The van der Waals surface area contributed by atoms with Crippen molar-refractivity contribution in [2.75, 3.05) is 0 Å². The van der Waals surface area contributed by atoms with Gasteiger partial charge in [-0.1, -0.05) is 6.92 Å². The largest absolute Gasteiger partial charge is 0.328 e. The molecule has 0 saturated heterocycles. The van der Waals surface area contributed by atoms with E-state index in [4.69, 9.17) is 5.73 Å². The minimum Gasteiger partial charge on any atom is -0.328 e. The van der Waals surface area contributed by atoms with Crippen LogP contribution in [0.2, 0.25) is 0 Å². The van der Waals surface area contributed by atoms with Gasteiger partial charge in [-0.25, -0.2) is 0 Å². The first-order chi connectivity index (χ1) is 2.27. The molecule has 0 saturated carbocycles. The molecule has 2 N–H and O–H groups in total. The molecule has 0 heterocycles. The molecule has 0 aliphatic carbocycles. The molecule has 0 bridgehead atoms. The second kappa shape index (κ2) is 5.02. The zero-order valence-electron chi connectivity index (χ0n) is 4.44. The van der Waals surface area contributed by atoms with Gasteiger partial charge in [0.15, 0.2) is 0 Å². The lowest BCUT2D eigenvalue weighted by Gasteiger charge is -1.91. The Morgan fingerprint density at radius 1 is 1.67 bits per heavy atom. The highest BCUT2D eigenvalue weighted by Gasteiger charge is 1.79. The number of rotatable bonds is 1. The Labute approximate surface area is 41.5 Å². The van der Waals surface area contributed by atoms with Crippen LogP contribution < -0.4 is 5.73 Å². The molecule has 0 aromatic rings. The Hall–Kier alpha value is 0.0249. The number of hydrogen-bond donors (Lipinski definition) is 1. The molecular weight excluding hydrogens is 72.9 g/mol. The molecule has 0 aliphatic rings. The fraction of sp³-hybridized carbons (Fsp3) is 1.00. The Bertz CT molecular complexity index is 21.5. The molecule has 0 amide bonds. The van der Waals surface area contributed by atoms with E-state index >= 15 is 0 Å².